The molecule has 122 valence electrons. The Bertz CT molecular complexity index is 714. The van der Waals surface area contributed by atoms with Crippen LogP contribution in [0.2, 0.25) is 5.02 Å². The Balaban J connectivity index is 1.73. The van der Waals surface area contributed by atoms with Crippen LogP contribution >= 0.6 is 11.6 Å². The fourth-order valence-corrected chi connectivity index (χ4v) is 2.67. The molecule has 0 bridgehead atoms. The zero-order chi connectivity index (χ0) is 16.2. The summed E-state index contributed by atoms with van der Waals surface area (Å²) in [5.41, 5.74) is 1.16. The minimum Gasteiger partial charge on any atom is -0.492 e. The summed E-state index contributed by atoms with van der Waals surface area (Å²) in [6.07, 6.45) is 3.58. The van der Waals surface area contributed by atoms with Gasteiger partial charge in [0.25, 0.3) is 5.91 Å². The lowest BCUT2D eigenvalue weighted by atomic mass is 10.2. The van der Waals surface area contributed by atoms with E-state index < -0.39 is 0 Å². The van der Waals surface area contributed by atoms with Crippen molar-refractivity contribution in [1.29, 1.82) is 0 Å². The lowest BCUT2D eigenvalue weighted by molar-refractivity contribution is 0.102. The van der Waals surface area contributed by atoms with Crippen molar-refractivity contribution < 1.29 is 9.53 Å². The number of nitrogens with one attached hydrogen (secondary N) is 2. The molecule has 7 heteroatoms. The largest absolute Gasteiger partial charge is 0.492 e. The maximum atomic E-state index is 12.4. The smallest absolute Gasteiger partial charge is 0.255 e. The van der Waals surface area contributed by atoms with Gasteiger partial charge in [0.15, 0.2) is 0 Å². The summed E-state index contributed by atoms with van der Waals surface area (Å²) in [6.45, 7) is 4.35. The van der Waals surface area contributed by atoms with Crippen molar-refractivity contribution >= 4 is 29.0 Å². The van der Waals surface area contributed by atoms with Gasteiger partial charge in [0.2, 0.25) is 0 Å². The number of carbonyl (C=O) groups is 1. The molecule has 2 heterocycles. The van der Waals surface area contributed by atoms with Gasteiger partial charge in [0, 0.05) is 18.7 Å². The second kappa shape index (κ2) is 6.91. The second-order valence-electron chi connectivity index (χ2n) is 5.36. The summed E-state index contributed by atoms with van der Waals surface area (Å²) in [6, 6.07) is 5.04. The van der Waals surface area contributed by atoms with Crippen LogP contribution < -0.4 is 15.4 Å². The molecule has 1 amide bonds. The number of anilines is 2. The molecule has 0 unspecified atom stereocenters. The molecule has 2 aromatic rings. The summed E-state index contributed by atoms with van der Waals surface area (Å²) in [5.74, 6) is 1.21. The standard InChI is InChI=1S/C16H19ClN4O2/c1-2-8-23-14-5-4-11(9-12(14)17)16(22)20-13-10-19-21-7-3-6-18-15(13)21/h4-5,9-10,18H,2-3,6-8H2,1H3,(H,20,22). The quantitative estimate of drug-likeness (QED) is 0.879. The molecule has 2 N–H and O–H groups in total. The Morgan fingerprint density at radius 1 is 1.52 bits per heavy atom. The molecule has 6 nitrogen and oxygen atoms in total. The number of nitrogens with zero attached hydrogens (tertiary/aromatic N) is 2. The topological polar surface area (TPSA) is 68.2 Å². The Morgan fingerprint density at radius 2 is 2.39 bits per heavy atom. The molecule has 1 aromatic carbocycles. The SMILES string of the molecule is CCCOc1ccc(C(=O)Nc2cnn3c2NCCC3)cc1Cl. The molecule has 23 heavy (non-hydrogen) atoms. The van der Waals surface area contributed by atoms with E-state index in [0.717, 1.165) is 31.7 Å². The van der Waals surface area contributed by atoms with E-state index in [4.69, 9.17) is 16.3 Å². The van der Waals surface area contributed by atoms with E-state index in [-0.39, 0.29) is 5.91 Å². The number of aryl methyl sites for hydroxylation is 1. The summed E-state index contributed by atoms with van der Waals surface area (Å²) < 4.78 is 7.37. The molecule has 0 radical (unpaired) electrons. The molecular formula is C16H19ClN4O2. The highest BCUT2D eigenvalue weighted by Crippen LogP contribution is 2.28. The highest BCUT2D eigenvalue weighted by atomic mass is 35.5. The first-order valence-electron chi connectivity index (χ1n) is 7.72. The van der Waals surface area contributed by atoms with Crippen molar-refractivity contribution in [2.75, 3.05) is 23.8 Å². The minimum absolute atomic E-state index is 0.225. The average molecular weight is 335 g/mol. The van der Waals surface area contributed by atoms with Crippen LogP contribution in [0.25, 0.3) is 0 Å². The first-order chi connectivity index (χ1) is 11.2. The lowest BCUT2D eigenvalue weighted by Crippen LogP contribution is -2.19. The fraction of sp³-hybridized carbons (Fsp3) is 0.375. The number of aromatic nitrogens is 2. The first kappa shape index (κ1) is 15.7. The third kappa shape index (κ3) is 3.42. The van der Waals surface area contributed by atoms with Crippen LogP contribution in [0.3, 0.4) is 0 Å². The number of ether oxygens (including phenoxy) is 1. The maximum absolute atomic E-state index is 12.4. The third-order valence-corrected chi connectivity index (χ3v) is 3.88. The van der Waals surface area contributed by atoms with Gasteiger partial charge in [0.05, 0.1) is 17.8 Å². The molecule has 0 atom stereocenters. The fourth-order valence-electron chi connectivity index (χ4n) is 2.43. The van der Waals surface area contributed by atoms with Crippen LogP contribution in [0, 0.1) is 0 Å². The van der Waals surface area contributed by atoms with Gasteiger partial charge in [-0.1, -0.05) is 18.5 Å². The van der Waals surface area contributed by atoms with Crippen molar-refractivity contribution in [3.8, 4) is 5.75 Å². The number of halogens is 1. The van der Waals surface area contributed by atoms with Crippen molar-refractivity contribution in [2.24, 2.45) is 0 Å². The van der Waals surface area contributed by atoms with E-state index in [2.05, 4.69) is 15.7 Å². The van der Waals surface area contributed by atoms with Crippen LogP contribution in [0.4, 0.5) is 11.5 Å². The van der Waals surface area contributed by atoms with E-state index in [0.29, 0.717) is 28.6 Å². The van der Waals surface area contributed by atoms with Gasteiger partial charge in [-0.25, -0.2) is 4.68 Å². The zero-order valence-corrected chi connectivity index (χ0v) is 13.7. The Kier molecular flexibility index (Phi) is 4.71. The van der Waals surface area contributed by atoms with E-state index in [1.165, 1.54) is 0 Å². The van der Waals surface area contributed by atoms with E-state index >= 15 is 0 Å². The number of carbonyl (C=O) groups excluding carboxylic acids is 1. The lowest BCUT2D eigenvalue weighted by Gasteiger charge is -2.17. The summed E-state index contributed by atoms with van der Waals surface area (Å²) >= 11 is 6.17. The van der Waals surface area contributed by atoms with Crippen molar-refractivity contribution in [3.05, 3.63) is 35.0 Å². The molecule has 0 aliphatic carbocycles. The van der Waals surface area contributed by atoms with Gasteiger partial charge in [0.1, 0.15) is 17.3 Å². The number of hydrogen-bond donors (Lipinski definition) is 2. The monoisotopic (exact) mass is 334 g/mol. The number of benzene rings is 1. The van der Waals surface area contributed by atoms with Crippen molar-refractivity contribution in [2.45, 2.75) is 26.3 Å². The normalized spacial score (nSPS) is 13.1. The number of amides is 1. The molecule has 3 rings (SSSR count). The Labute approximate surface area is 139 Å². The summed E-state index contributed by atoms with van der Waals surface area (Å²) in [5, 5.41) is 10.8. The molecular weight excluding hydrogens is 316 g/mol. The molecule has 0 spiro atoms. The van der Waals surface area contributed by atoms with Crippen molar-refractivity contribution in [1.82, 2.24) is 9.78 Å². The van der Waals surface area contributed by atoms with Gasteiger partial charge in [-0.3, -0.25) is 4.79 Å². The zero-order valence-electron chi connectivity index (χ0n) is 12.9. The highest BCUT2D eigenvalue weighted by Gasteiger charge is 2.17. The molecule has 1 aromatic heterocycles. The molecule has 0 fully saturated rings. The number of fused-ring (bicyclic) bond motifs is 1. The van der Waals surface area contributed by atoms with Gasteiger partial charge >= 0.3 is 0 Å². The molecule has 1 aliphatic heterocycles. The second-order valence-corrected chi connectivity index (χ2v) is 5.77. The van der Waals surface area contributed by atoms with E-state index in [1.54, 1.807) is 24.4 Å². The Morgan fingerprint density at radius 3 is 3.17 bits per heavy atom. The van der Waals surface area contributed by atoms with Crippen molar-refractivity contribution in [3.63, 3.8) is 0 Å². The van der Waals surface area contributed by atoms with Crippen LogP contribution in [-0.4, -0.2) is 28.8 Å². The van der Waals surface area contributed by atoms with Crippen LogP contribution in [0.15, 0.2) is 24.4 Å². The van der Waals surface area contributed by atoms with Gasteiger partial charge in [-0.2, -0.15) is 5.10 Å². The van der Waals surface area contributed by atoms with Gasteiger partial charge in [-0.15, -0.1) is 0 Å². The van der Waals surface area contributed by atoms with Crippen LogP contribution in [0.1, 0.15) is 30.1 Å². The molecule has 0 saturated carbocycles. The first-order valence-corrected chi connectivity index (χ1v) is 8.10. The molecule has 1 aliphatic rings. The maximum Gasteiger partial charge on any atom is 0.255 e. The molecule has 0 saturated heterocycles. The third-order valence-electron chi connectivity index (χ3n) is 3.58. The minimum atomic E-state index is -0.225. The van der Waals surface area contributed by atoms with Gasteiger partial charge in [-0.05, 0) is 31.0 Å². The highest BCUT2D eigenvalue weighted by molar-refractivity contribution is 6.32. The average Bonchev–Trinajstić information content (AvgIpc) is 2.97. The van der Waals surface area contributed by atoms with E-state index in [9.17, 15) is 4.79 Å². The van der Waals surface area contributed by atoms with Crippen LogP contribution in [-0.2, 0) is 6.54 Å². The Hall–Kier alpha value is -2.21. The predicted octanol–water partition coefficient (Wildman–Crippen LogP) is 3.39. The number of rotatable bonds is 5. The van der Waals surface area contributed by atoms with E-state index in [1.807, 2.05) is 11.6 Å². The number of hydrogen-bond acceptors (Lipinski definition) is 4. The van der Waals surface area contributed by atoms with Gasteiger partial charge < -0.3 is 15.4 Å². The summed E-state index contributed by atoms with van der Waals surface area (Å²) in [7, 11) is 0. The summed E-state index contributed by atoms with van der Waals surface area (Å²) in [4.78, 5) is 12.4. The van der Waals surface area contributed by atoms with Crippen LogP contribution in [0.5, 0.6) is 5.75 Å². The predicted molar refractivity (Wildman–Crippen MR) is 90.5 cm³/mol.